The number of anilines is 1. The van der Waals surface area contributed by atoms with E-state index in [1.165, 1.54) is 0 Å². The van der Waals surface area contributed by atoms with Crippen molar-refractivity contribution in [3.63, 3.8) is 0 Å². The van der Waals surface area contributed by atoms with E-state index in [0.29, 0.717) is 38.8 Å². The molecule has 1 aliphatic carbocycles. The summed E-state index contributed by atoms with van der Waals surface area (Å²) in [6.45, 7) is 2.42. The fourth-order valence-corrected chi connectivity index (χ4v) is 5.93. The largest absolute Gasteiger partial charge is 0.467 e. The highest BCUT2D eigenvalue weighted by atomic mass is 32.2. The molecule has 4 heterocycles. The van der Waals surface area contributed by atoms with E-state index in [1.807, 2.05) is 12.1 Å². The van der Waals surface area contributed by atoms with Crippen LogP contribution < -0.4 is 5.32 Å². The molecule has 0 bridgehead atoms. The van der Waals surface area contributed by atoms with E-state index in [4.69, 9.17) is 14.1 Å². The monoisotopic (exact) mass is 390 g/mol. The van der Waals surface area contributed by atoms with E-state index in [-0.39, 0.29) is 10.7 Å². The summed E-state index contributed by atoms with van der Waals surface area (Å²) in [5, 5.41) is 3.00. The van der Waals surface area contributed by atoms with Crippen molar-refractivity contribution in [3.05, 3.63) is 41.6 Å². The Kier molecular flexibility index (Phi) is 3.99. The molecule has 9 heteroatoms. The van der Waals surface area contributed by atoms with Crippen molar-refractivity contribution in [2.45, 2.75) is 43.1 Å². The van der Waals surface area contributed by atoms with E-state index >= 15 is 0 Å². The number of aromatic nitrogens is 2. The van der Waals surface area contributed by atoms with E-state index in [0.717, 1.165) is 36.3 Å². The number of rotatable bonds is 5. The molecule has 5 rings (SSSR count). The summed E-state index contributed by atoms with van der Waals surface area (Å²) in [6, 6.07) is 3.73. The Bertz CT molecular complexity index is 942. The fourth-order valence-electron chi connectivity index (χ4n) is 4.00. The van der Waals surface area contributed by atoms with Crippen LogP contribution in [0.25, 0.3) is 0 Å². The Morgan fingerprint density at radius 1 is 1.37 bits per heavy atom. The third kappa shape index (κ3) is 3.03. The highest BCUT2D eigenvalue weighted by Crippen LogP contribution is 2.42. The van der Waals surface area contributed by atoms with Gasteiger partial charge in [-0.05, 0) is 31.4 Å². The lowest BCUT2D eigenvalue weighted by Gasteiger charge is -2.34. The van der Waals surface area contributed by atoms with E-state index < -0.39 is 10.0 Å². The number of ether oxygens (including phenoxy) is 1. The maximum Gasteiger partial charge on any atom is 0.223 e. The fraction of sp³-hybridized carbons (Fsp3) is 0.556. The summed E-state index contributed by atoms with van der Waals surface area (Å²) in [6.07, 6.45) is 5.70. The summed E-state index contributed by atoms with van der Waals surface area (Å²) in [5.41, 5.74) is 1.47. The van der Waals surface area contributed by atoms with Crippen LogP contribution in [-0.4, -0.2) is 47.6 Å². The number of hydrogen-bond donors (Lipinski definition) is 1. The summed E-state index contributed by atoms with van der Waals surface area (Å²) in [5.74, 6) is 1.33. The highest BCUT2D eigenvalue weighted by Gasteiger charge is 2.51. The maximum atomic E-state index is 12.7. The zero-order chi connectivity index (χ0) is 18.5. The lowest BCUT2D eigenvalue weighted by molar-refractivity contribution is 0.0532. The van der Waals surface area contributed by atoms with Crippen LogP contribution in [0.15, 0.2) is 29.0 Å². The van der Waals surface area contributed by atoms with Gasteiger partial charge in [-0.15, -0.1) is 0 Å². The van der Waals surface area contributed by atoms with E-state index in [9.17, 15) is 8.42 Å². The molecule has 2 aliphatic heterocycles. The lowest BCUT2D eigenvalue weighted by atomic mass is 9.81. The average Bonchev–Trinajstić information content (AvgIpc) is 3.25. The van der Waals surface area contributed by atoms with E-state index in [1.54, 1.807) is 16.8 Å². The van der Waals surface area contributed by atoms with Crippen LogP contribution in [0.2, 0.25) is 0 Å². The summed E-state index contributed by atoms with van der Waals surface area (Å²) < 4.78 is 38.1. The summed E-state index contributed by atoms with van der Waals surface area (Å²) in [4.78, 5) is 9.14. The molecular weight excluding hydrogens is 368 g/mol. The molecule has 0 radical (unpaired) electrons. The topological polar surface area (TPSA) is 97.6 Å². The summed E-state index contributed by atoms with van der Waals surface area (Å²) in [7, 11) is -3.19. The van der Waals surface area contributed by atoms with Gasteiger partial charge in [-0.2, -0.15) is 0 Å². The number of nitrogens with zero attached hydrogens (tertiary/aromatic N) is 3. The molecular formula is C18H22N4O4S. The molecule has 0 amide bonds. The highest BCUT2D eigenvalue weighted by molar-refractivity contribution is 7.90. The van der Waals surface area contributed by atoms with Crippen LogP contribution in [0.4, 0.5) is 5.95 Å². The first-order chi connectivity index (χ1) is 13.1. The van der Waals surface area contributed by atoms with Crippen molar-refractivity contribution in [1.29, 1.82) is 0 Å². The van der Waals surface area contributed by atoms with Gasteiger partial charge >= 0.3 is 0 Å². The molecule has 8 nitrogen and oxygen atoms in total. The van der Waals surface area contributed by atoms with Crippen molar-refractivity contribution in [1.82, 2.24) is 14.3 Å². The Morgan fingerprint density at radius 3 is 3.04 bits per heavy atom. The Morgan fingerprint density at radius 2 is 2.26 bits per heavy atom. The normalized spacial score (nSPS) is 25.6. The second-order valence-corrected chi connectivity index (χ2v) is 9.81. The minimum absolute atomic E-state index is 0.187. The number of sulfonamides is 1. The second-order valence-electron chi connectivity index (χ2n) is 7.60. The van der Waals surface area contributed by atoms with Gasteiger partial charge < -0.3 is 14.5 Å². The molecule has 2 aromatic heterocycles. The van der Waals surface area contributed by atoms with Gasteiger partial charge in [-0.1, -0.05) is 0 Å². The van der Waals surface area contributed by atoms with Crippen molar-refractivity contribution in [3.8, 4) is 0 Å². The van der Waals surface area contributed by atoms with Crippen LogP contribution in [0.1, 0.15) is 36.3 Å². The predicted molar refractivity (Wildman–Crippen MR) is 97.5 cm³/mol. The maximum absolute atomic E-state index is 12.7. The number of fused-ring (bicyclic) bond motifs is 2. The van der Waals surface area contributed by atoms with Gasteiger partial charge in [0.05, 0.1) is 42.4 Å². The second kappa shape index (κ2) is 6.29. The Labute approximate surface area is 158 Å². The molecule has 0 unspecified atom stereocenters. The SMILES string of the molecule is O=S(=O)(C1CC1)N1CC[C@]2(COCc3cnc(NCc4ccco4)nc32)C1. The minimum atomic E-state index is -3.19. The van der Waals surface area contributed by atoms with Crippen LogP contribution in [0, 0.1) is 0 Å². The lowest BCUT2D eigenvalue weighted by Crippen LogP contribution is -2.42. The van der Waals surface area contributed by atoms with Gasteiger partial charge in [-0.3, -0.25) is 0 Å². The predicted octanol–water partition coefficient (Wildman–Crippen LogP) is 1.65. The van der Waals surface area contributed by atoms with Gasteiger partial charge in [0.25, 0.3) is 0 Å². The van der Waals surface area contributed by atoms with Crippen molar-refractivity contribution in [2.24, 2.45) is 0 Å². The molecule has 1 atom stereocenters. The smallest absolute Gasteiger partial charge is 0.223 e. The molecule has 1 saturated carbocycles. The van der Waals surface area contributed by atoms with Gasteiger partial charge in [0.1, 0.15) is 5.76 Å². The van der Waals surface area contributed by atoms with E-state index in [2.05, 4.69) is 10.3 Å². The first-order valence-corrected chi connectivity index (χ1v) is 10.8. The molecule has 2 aromatic rings. The molecule has 1 N–H and O–H groups in total. The van der Waals surface area contributed by atoms with Crippen molar-refractivity contribution in [2.75, 3.05) is 25.0 Å². The first kappa shape index (κ1) is 17.2. The molecule has 0 aromatic carbocycles. The molecule has 1 spiro atoms. The third-order valence-corrected chi connectivity index (χ3v) is 7.97. The molecule has 3 aliphatic rings. The molecule has 1 saturated heterocycles. The Balaban J connectivity index is 1.40. The quantitative estimate of drug-likeness (QED) is 0.829. The summed E-state index contributed by atoms with van der Waals surface area (Å²) >= 11 is 0. The van der Waals surface area contributed by atoms with Gasteiger partial charge in [-0.25, -0.2) is 22.7 Å². The van der Waals surface area contributed by atoms with Crippen LogP contribution in [0.3, 0.4) is 0 Å². The minimum Gasteiger partial charge on any atom is -0.467 e. The Hall–Kier alpha value is -1.97. The molecule has 27 heavy (non-hydrogen) atoms. The number of furan rings is 1. The van der Waals surface area contributed by atoms with Crippen LogP contribution in [-0.2, 0) is 33.3 Å². The van der Waals surface area contributed by atoms with Gasteiger partial charge in [0.2, 0.25) is 16.0 Å². The molecule has 144 valence electrons. The van der Waals surface area contributed by atoms with Gasteiger partial charge in [0.15, 0.2) is 0 Å². The number of nitrogens with one attached hydrogen (secondary N) is 1. The third-order valence-electron chi connectivity index (χ3n) is 5.63. The van der Waals surface area contributed by atoms with Crippen LogP contribution >= 0.6 is 0 Å². The first-order valence-electron chi connectivity index (χ1n) is 9.26. The zero-order valence-corrected chi connectivity index (χ0v) is 15.7. The average molecular weight is 390 g/mol. The molecule has 2 fully saturated rings. The van der Waals surface area contributed by atoms with Crippen molar-refractivity contribution >= 4 is 16.0 Å². The van der Waals surface area contributed by atoms with Crippen LogP contribution in [0.5, 0.6) is 0 Å². The van der Waals surface area contributed by atoms with Crippen molar-refractivity contribution < 1.29 is 17.6 Å². The standard InChI is InChI=1S/C18H22N4O4S/c23-27(24,15-3-4-15)22-6-5-18(11-22)12-25-10-13-8-19-17(21-16(13)18)20-9-14-2-1-7-26-14/h1-2,7-8,15H,3-6,9-12H2,(H,19,20,21)/t18-/m1/s1. The zero-order valence-electron chi connectivity index (χ0n) is 14.9. The number of hydrogen-bond acceptors (Lipinski definition) is 7. The van der Waals surface area contributed by atoms with Gasteiger partial charge in [0, 0.05) is 24.8 Å².